The lowest BCUT2D eigenvalue weighted by Gasteiger charge is -2.28. The number of rotatable bonds is 4. The summed E-state index contributed by atoms with van der Waals surface area (Å²) >= 11 is 0. The number of aromatic carboxylic acids is 1. The fraction of sp³-hybridized carbons (Fsp3) is 0.471. The van der Waals surface area contributed by atoms with Crippen LogP contribution in [0.15, 0.2) is 24.3 Å². The summed E-state index contributed by atoms with van der Waals surface area (Å²) in [4.78, 5) is 13.6. The van der Waals surface area contributed by atoms with Crippen LogP contribution < -0.4 is 5.32 Å². The Bertz CT molecular complexity index is 685. The SMILES string of the molecule is CC(C)n1c(CN2CCNCC2)cc2cc(C(=O)O)ccc21. The first-order valence-corrected chi connectivity index (χ1v) is 7.86. The molecule has 1 aromatic carbocycles. The van der Waals surface area contributed by atoms with Crippen molar-refractivity contribution >= 4 is 16.9 Å². The highest BCUT2D eigenvalue weighted by Gasteiger charge is 2.17. The minimum atomic E-state index is -0.872. The summed E-state index contributed by atoms with van der Waals surface area (Å²) in [5.41, 5.74) is 2.72. The van der Waals surface area contributed by atoms with E-state index in [9.17, 15) is 4.79 Å². The first-order chi connectivity index (χ1) is 10.6. The monoisotopic (exact) mass is 301 g/mol. The van der Waals surface area contributed by atoms with Gasteiger partial charge in [0.25, 0.3) is 0 Å². The molecular weight excluding hydrogens is 278 g/mol. The number of nitrogens with zero attached hydrogens (tertiary/aromatic N) is 2. The molecule has 0 radical (unpaired) electrons. The van der Waals surface area contributed by atoms with Crippen molar-refractivity contribution in [3.8, 4) is 0 Å². The van der Waals surface area contributed by atoms with E-state index in [-0.39, 0.29) is 0 Å². The summed E-state index contributed by atoms with van der Waals surface area (Å²) in [5.74, 6) is -0.872. The number of carboxylic acids is 1. The number of piperazine rings is 1. The minimum absolute atomic E-state index is 0.349. The Kier molecular flexibility index (Phi) is 4.18. The van der Waals surface area contributed by atoms with E-state index in [0.29, 0.717) is 11.6 Å². The number of nitrogens with one attached hydrogen (secondary N) is 1. The highest BCUT2D eigenvalue weighted by molar-refractivity contribution is 5.94. The van der Waals surface area contributed by atoms with E-state index in [4.69, 9.17) is 5.11 Å². The molecule has 1 saturated heterocycles. The van der Waals surface area contributed by atoms with Crippen molar-refractivity contribution in [3.05, 3.63) is 35.5 Å². The van der Waals surface area contributed by atoms with Crippen molar-refractivity contribution < 1.29 is 9.90 Å². The first-order valence-electron chi connectivity index (χ1n) is 7.86. The molecule has 0 amide bonds. The molecule has 1 aromatic heterocycles. The molecule has 5 heteroatoms. The van der Waals surface area contributed by atoms with Crippen LogP contribution in [0.2, 0.25) is 0 Å². The van der Waals surface area contributed by atoms with Gasteiger partial charge in [0.1, 0.15) is 0 Å². The van der Waals surface area contributed by atoms with Gasteiger partial charge in [-0.2, -0.15) is 0 Å². The van der Waals surface area contributed by atoms with Gasteiger partial charge >= 0.3 is 5.97 Å². The summed E-state index contributed by atoms with van der Waals surface area (Å²) in [5, 5.41) is 13.6. The van der Waals surface area contributed by atoms with E-state index in [2.05, 4.69) is 34.7 Å². The largest absolute Gasteiger partial charge is 0.478 e. The van der Waals surface area contributed by atoms with Crippen molar-refractivity contribution in [2.45, 2.75) is 26.4 Å². The standard InChI is InChI=1S/C17H23N3O2/c1-12(2)20-15(11-19-7-5-18-6-8-19)10-14-9-13(17(21)22)3-4-16(14)20/h3-4,9-10,12,18H,5-8,11H2,1-2H3,(H,21,22). The molecule has 5 nitrogen and oxygen atoms in total. The molecule has 0 saturated carbocycles. The van der Waals surface area contributed by atoms with Crippen molar-refractivity contribution in [1.29, 1.82) is 0 Å². The number of benzene rings is 1. The minimum Gasteiger partial charge on any atom is -0.478 e. The maximum Gasteiger partial charge on any atom is 0.335 e. The van der Waals surface area contributed by atoms with Gasteiger partial charge in [0.15, 0.2) is 0 Å². The van der Waals surface area contributed by atoms with Gasteiger partial charge in [-0.15, -0.1) is 0 Å². The molecule has 2 N–H and O–H groups in total. The van der Waals surface area contributed by atoms with Gasteiger partial charge in [0, 0.05) is 55.4 Å². The van der Waals surface area contributed by atoms with Gasteiger partial charge < -0.3 is 15.0 Å². The van der Waals surface area contributed by atoms with Gasteiger partial charge in [0.05, 0.1) is 5.56 Å². The number of hydrogen-bond acceptors (Lipinski definition) is 3. The summed E-state index contributed by atoms with van der Waals surface area (Å²) in [7, 11) is 0. The fourth-order valence-electron chi connectivity index (χ4n) is 3.26. The second kappa shape index (κ2) is 6.10. The van der Waals surface area contributed by atoms with E-state index in [1.54, 1.807) is 12.1 Å². The Balaban J connectivity index is 2.00. The van der Waals surface area contributed by atoms with Crippen molar-refractivity contribution in [2.24, 2.45) is 0 Å². The van der Waals surface area contributed by atoms with E-state index in [0.717, 1.165) is 43.6 Å². The Labute approximate surface area is 130 Å². The molecule has 0 spiro atoms. The molecule has 1 aliphatic heterocycles. The van der Waals surface area contributed by atoms with Crippen LogP contribution >= 0.6 is 0 Å². The normalized spacial score (nSPS) is 16.5. The third-order valence-corrected chi connectivity index (χ3v) is 4.28. The number of aromatic nitrogens is 1. The average Bonchev–Trinajstić information content (AvgIpc) is 2.85. The van der Waals surface area contributed by atoms with Gasteiger partial charge in [-0.3, -0.25) is 4.90 Å². The van der Waals surface area contributed by atoms with Crippen molar-refractivity contribution in [3.63, 3.8) is 0 Å². The molecule has 0 unspecified atom stereocenters. The molecule has 3 rings (SSSR count). The van der Waals surface area contributed by atoms with E-state index >= 15 is 0 Å². The zero-order valence-electron chi connectivity index (χ0n) is 13.2. The lowest BCUT2D eigenvalue weighted by molar-refractivity contribution is 0.0697. The van der Waals surface area contributed by atoms with Crippen LogP contribution in [0, 0.1) is 0 Å². The highest BCUT2D eigenvalue weighted by Crippen LogP contribution is 2.26. The maximum absolute atomic E-state index is 11.2. The third-order valence-electron chi connectivity index (χ3n) is 4.28. The van der Waals surface area contributed by atoms with Gasteiger partial charge in [-0.1, -0.05) is 0 Å². The third kappa shape index (κ3) is 2.87. The summed E-state index contributed by atoms with van der Waals surface area (Å²) in [6.45, 7) is 9.44. The molecule has 0 atom stereocenters. The Hall–Kier alpha value is -1.85. The van der Waals surface area contributed by atoms with Crippen LogP contribution in [0.1, 0.15) is 35.9 Å². The van der Waals surface area contributed by atoms with Crippen LogP contribution in [-0.4, -0.2) is 46.7 Å². The van der Waals surface area contributed by atoms with Crippen LogP contribution in [0.5, 0.6) is 0 Å². The molecule has 0 bridgehead atoms. The van der Waals surface area contributed by atoms with E-state index in [1.807, 2.05) is 6.07 Å². The number of carboxylic acid groups (broad SMARTS) is 1. The second-order valence-electron chi connectivity index (χ2n) is 6.20. The molecule has 1 fully saturated rings. The summed E-state index contributed by atoms with van der Waals surface area (Å²) in [6.07, 6.45) is 0. The van der Waals surface area contributed by atoms with Crippen LogP contribution in [-0.2, 0) is 6.54 Å². The van der Waals surface area contributed by atoms with Crippen molar-refractivity contribution in [1.82, 2.24) is 14.8 Å². The highest BCUT2D eigenvalue weighted by atomic mass is 16.4. The average molecular weight is 301 g/mol. The number of carbonyl (C=O) groups is 1. The predicted molar refractivity (Wildman–Crippen MR) is 87.4 cm³/mol. The molecule has 0 aliphatic carbocycles. The van der Waals surface area contributed by atoms with Crippen LogP contribution in [0.4, 0.5) is 0 Å². The zero-order valence-corrected chi connectivity index (χ0v) is 13.2. The molecule has 1 aliphatic rings. The Morgan fingerprint density at radius 3 is 2.64 bits per heavy atom. The van der Waals surface area contributed by atoms with Crippen molar-refractivity contribution in [2.75, 3.05) is 26.2 Å². The van der Waals surface area contributed by atoms with Crippen LogP contribution in [0.3, 0.4) is 0 Å². The molecule has 2 aromatic rings. The lowest BCUT2D eigenvalue weighted by atomic mass is 10.1. The fourth-order valence-corrected chi connectivity index (χ4v) is 3.26. The van der Waals surface area contributed by atoms with Gasteiger partial charge in [-0.25, -0.2) is 4.79 Å². The maximum atomic E-state index is 11.2. The van der Waals surface area contributed by atoms with Crippen LogP contribution in [0.25, 0.3) is 10.9 Å². The molecule has 2 heterocycles. The Morgan fingerprint density at radius 1 is 1.27 bits per heavy atom. The topological polar surface area (TPSA) is 57.5 Å². The predicted octanol–water partition coefficient (Wildman–Crippen LogP) is 2.33. The summed E-state index contributed by atoms with van der Waals surface area (Å²) in [6, 6.07) is 7.89. The smallest absolute Gasteiger partial charge is 0.335 e. The Morgan fingerprint density at radius 2 is 2.00 bits per heavy atom. The van der Waals surface area contributed by atoms with Gasteiger partial charge in [0.2, 0.25) is 0 Å². The molecule has 22 heavy (non-hydrogen) atoms. The van der Waals surface area contributed by atoms with E-state index in [1.165, 1.54) is 5.69 Å². The quantitative estimate of drug-likeness (QED) is 0.910. The number of fused-ring (bicyclic) bond motifs is 1. The molecular formula is C17H23N3O2. The zero-order chi connectivity index (χ0) is 15.7. The second-order valence-corrected chi connectivity index (χ2v) is 6.20. The molecule has 118 valence electrons. The number of hydrogen-bond donors (Lipinski definition) is 2. The first kappa shape index (κ1) is 15.1. The van der Waals surface area contributed by atoms with E-state index < -0.39 is 5.97 Å². The lowest BCUT2D eigenvalue weighted by Crippen LogP contribution is -2.43. The van der Waals surface area contributed by atoms with Gasteiger partial charge in [-0.05, 0) is 38.1 Å². The summed E-state index contributed by atoms with van der Waals surface area (Å²) < 4.78 is 2.32.